The summed E-state index contributed by atoms with van der Waals surface area (Å²) in [6.07, 6.45) is 0.791. The Balaban J connectivity index is 1.72. The van der Waals surface area contributed by atoms with Gasteiger partial charge >= 0.3 is 0 Å². The van der Waals surface area contributed by atoms with Crippen molar-refractivity contribution in [2.75, 3.05) is 18.5 Å². The summed E-state index contributed by atoms with van der Waals surface area (Å²) in [6, 6.07) is 14.3. The number of carbonyl (C=O) groups excluding carboxylic acids is 1. The monoisotopic (exact) mass is 270 g/mol. The quantitative estimate of drug-likeness (QED) is 0.930. The minimum Gasteiger partial charge on any atom is -0.367 e. The average molecular weight is 270 g/mol. The van der Waals surface area contributed by atoms with Gasteiger partial charge in [0.2, 0.25) is 0 Å². The van der Waals surface area contributed by atoms with Crippen LogP contribution in [0.25, 0.3) is 0 Å². The second kappa shape index (κ2) is 5.33. The topological polar surface area (TPSA) is 32.3 Å². The smallest absolute Gasteiger partial charge is 0.257 e. The van der Waals surface area contributed by atoms with E-state index >= 15 is 0 Å². The summed E-state index contributed by atoms with van der Waals surface area (Å²) >= 11 is 0. The van der Waals surface area contributed by atoms with Gasteiger partial charge in [0.1, 0.15) is 5.82 Å². The van der Waals surface area contributed by atoms with Crippen molar-refractivity contribution in [1.29, 1.82) is 0 Å². The lowest BCUT2D eigenvalue weighted by Crippen LogP contribution is -2.41. The van der Waals surface area contributed by atoms with Gasteiger partial charge in [-0.15, -0.1) is 0 Å². The highest BCUT2D eigenvalue weighted by atomic mass is 19.1. The molecule has 1 amide bonds. The van der Waals surface area contributed by atoms with E-state index in [1.807, 2.05) is 30.3 Å². The van der Waals surface area contributed by atoms with Crippen molar-refractivity contribution in [2.24, 2.45) is 0 Å². The van der Waals surface area contributed by atoms with Crippen LogP contribution in [0.3, 0.4) is 0 Å². The van der Waals surface area contributed by atoms with Crippen LogP contribution in [-0.4, -0.2) is 24.0 Å². The average Bonchev–Trinajstić information content (AvgIpc) is 2.48. The number of hydrogen-bond donors (Lipinski definition) is 1. The van der Waals surface area contributed by atoms with Crippen molar-refractivity contribution >= 4 is 11.6 Å². The number of amides is 1. The summed E-state index contributed by atoms with van der Waals surface area (Å²) in [4.78, 5) is 14.0. The van der Waals surface area contributed by atoms with E-state index in [1.54, 1.807) is 11.0 Å². The number of nitrogens with one attached hydrogen (secondary N) is 1. The molecule has 0 fully saturated rings. The van der Waals surface area contributed by atoms with Crippen LogP contribution in [0.4, 0.5) is 10.1 Å². The zero-order chi connectivity index (χ0) is 13.9. The molecule has 0 saturated carbocycles. The van der Waals surface area contributed by atoms with E-state index in [4.69, 9.17) is 0 Å². The lowest BCUT2D eigenvalue weighted by molar-refractivity contribution is 0.0759. The van der Waals surface area contributed by atoms with Crippen LogP contribution in [0, 0.1) is 5.82 Å². The number of fused-ring (bicyclic) bond motifs is 1. The number of carbonyl (C=O) groups is 1. The van der Waals surface area contributed by atoms with Crippen molar-refractivity contribution in [1.82, 2.24) is 4.90 Å². The fraction of sp³-hybridized carbons (Fsp3) is 0.188. The second-order valence-corrected chi connectivity index (χ2v) is 4.83. The van der Waals surface area contributed by atoms with Gasteiger partial charge in [0.05, 0.1) is 12.2 Å². The van der Waals surface area contributed by atoms with Gasteiger partial charge in [-0.05, 0) is 30.2 Å². The molecule has 0 radical (unpaired) electrons. The highest BCUT2D eigenvalue weighted by Crippen LogP contribution is 2.23. The summed E-state index contributed by atoms with van der Waals surface area (Å²) in [6.45, 7) is 1.08. The zero-order valence-electron chi connectivity index (χ0n) is 11.0. The first kappa shape index (κ1) is 12.7. The van der Waals surface area contributed by atoms with Gasteiger partial charge in [-0.2, -0.15) is 0 Å². The van der Waals surface area contributed by atoms with Crippen molar-refractivity contribution < 1.29 is 9.18 Å². The Labute approximate surface area is 117 Å². The third-order valence-corrected chi connectivity index (χ3v) is 3.47. The van der Waals surface area contributed by atoms with E-state index in [-0.39, 0.29) is 11.7 Å². The van der Waals surface area contributed by atoms with E-state index in [0.29, 0.717) is 24.5 Å². The second-order valence-electron chi connectivity index (χ2n) is 4.83. The highest BCUT2D eigenvalue weighted by molar-refractivity contribution is 6.01. The van der Waals surface area contributed by atoms with Crippen molar-refractivity contribution in [3.63, 3.8) is 0 Å². The lowest BCUT2D eigenvalue weighted by Gasteiger charge is -2.29. The van der Waals surface area contributed by atoms with Gasteiger partial charge in [-0.3, -0.25) is 4.79 Å². The molecule has 4 heteroatoms. The fourth-order valence-electron chi connectivity index (χ4n) is 2.36. The molecule has 0 spiro atoms. The van der Waals surface area contributed by atoms with E-state index in [1.165, 1.54) is 17.7 Å². The summed E-state index contributed by atoms with van der Waals surface area (Å²) < 4.78 is 13.2. The number of anilines is 1. The molecule has 0 aromatic heterocycles. The molecule has 0 saturated heterocycles. The lowest BCUT2D eigenvalue weighted by atomic mass is 10.1. The summed E-state index contributed by atoms with van der Waals surface area (Å²) in [5.41, 5.74) is 2.29. The first-order chi connectivity index (χ1) is 9.74. The van der Waals surface area contributed by atoms with Gasteiger partial charge in [-0.1, -0.05) is 30.3 Å². The van der Waals surface area contributed by atoms with Gasteiger partial charge < -0.3 is 10.2 Å². The molecule has 0 unspecified atom stereocenters. The Hall–Kier alpha value is -2.36. The molecule has 2 aromatic rings. The van der Waals surface area contributed by atoms with Crippen LogP contribution >= 0.6 is 0 Å². The Bertz CT molecular complexity index is 628. The van der Waals surface area contributed by atoms with Gasteiger partial charge in [0, 0.05) is 12.2 Å². The van der Waals surface area contributed by atoms with Crippen molar-refractivity contribution in [3.8, 4) is 0 Å². The van der Waals surface area contributed by atoms with E-state index < -0.39 is 0 Å². The third-order valence-electron chi connectivity index (χ3n) is 3.47. The maximum Gasteiger partial charge on any atom is 0.257 e. The normalized spacial score (nSPS) is 13.8. The molecule has 2 aromatic carbocycles. The molecule has 0 atom stereocenters. The molecule has 1 aliphatic rings. The molecule has 1 heterocycles. The minimum atomic E-state index is -0.385. The molecule has 0 aliphatic carbocycles. The van der Waals surface area contributed by atoms with E-state index in [9.17, 15) is 9.18 Å². The van der Waals surface area contributed by atoms with Crippen molar-refractivity contribution in [2.45, 2.75) is 6.42 Å². The SMILES string of the molecule is O=C1c2cc(F)ccc2NCN1CCc1ccccc1. The molecule has 3 nitrogen and oxygen atoms in total. The Morgan fingerprint density at radius 2 is 1.95 bits per heavy atom. The summed E-state index contributed by atoms with van der Waals surface area (Å²) in [5.74, 6) is -0.502. The van der Waals surface area contributed by atoms with E-state index in [0.717, 1.165) is 6.42 Å². The molecule has 0 bridgehead atoms. The summed E-state index contributed by atoms with van der Waals surface area (Å²) in [5, 5.41) is 3.15. The van der Waals surface area contributed by atoms with Gasteiger partial charge in [0.15, 0.2) is 0 Å². The first-order valence-corrected chi connectivity index (χ1v) is 6.60. The molecular formula is C16H15FN2O. The fourth-order valence-corrected chi connectivity index (χ4v) is 2.36. The van der Waals surface area contributed by atoms with E-state index in [2.05, 4.69) is 5.32 Å². The van der Waals surface area contributed by atoms with Crippen LogP contribution in [0.15, 0.2) is 48.5 Å². The highest BCUT2D eigenvalue weighted by Gasteiger charge is 2.23. The number of benzene rings is 2. The molecule has 1 aliphatic heterocycles. The van der Waals surface area contributed by atoms with Crippen LogP contribution < -0.4 is 5.32 Å². The standard InChI is InChI=1S/C16H15FN2O/c17-13-6-7-15-14(10-13)16(20)19(11-18-15)9-8-12-4-2-1-3-5-12/h1-7,10,18H,8-9,11H2. The van der Waals surface area contributed by atoms with Crippen LogP contribution in [0.1, 0.15) is 15.9 Å². The number of halogens is 1. The molecular weight excluding hydrogens is 255 g/mol. The van der Waals surface area contributed by atoms with Crippen LogP contribution in [-0.2, 0) is 6.42 Å². The van der Waals surface area contributed by atoms with Crippen LogP contribution in [0.5, 0.6) is 0 Å². The van der Waals surface area contributed by atoms with Gasteiger partial charge in [0.25, 0.3) is 5.91 Å². The zero-order valence-corrected chi connectivity index (χ0v) is 11.0. The minimum absolute atomic E-state index is 0.116. The molecule has 1 N–H and O–H groups in total. The first-order valence-electron chi connectivity index (χ1n) is 6.60. The third kappa shape index (κ3) is 2.50. The number of hydrogen-bond acceptors (Lipinski definition) is 2. The molecule has 3 rings (SSSR count). The number of rotatable bonds is 3. The molecule has 20 heavy (non-hydrogen) atoms. The van der Waals surface area contributed by atoms with Crippen molar-refractivity contribution in [3.05, 3.63) is 65.5 Å². The predicted octanol–water partition coefficient (Wildman–Crippen LogP) is 2.89. The Kier molecular flexibility index (Phi) is 3.37. The Morgan fingerprint density at radius 1 is 1.15 bits per heavy atom. The Morgan fingerprint density at radius 3 is 2.75 bits per heavy atom. The predicted molar refractivity (Wildman–Crippen MR) is 76.1 cm³/mol. The van der Waals surface area contributed by atoms with Gasteiger partial charge in [-0.25, -0.2) is 4.39 Å². The van der Waals surface area contributed by atoms with Crippen LogP contribution in [0.2, 0.25) is 0 Å². The maximum atomic E-state index is 13.2. The largest absolute Gasteiger partial charge is 0.367 e. The maximum absolute atomic E-state index is 13.2. The number of nitrogens with zero attached hydrogens (tertiary/aromatic N) is 1. The summed E-state index contributed by atoms with van der Waals surface area (Å²) in [7, 11) is 0. The molecule has 102 valence electrons.